The third-order valence-electron chi connectivity index (χ3n) is 2.99. The lowest BCUT2D eigenvalue weighted by Gasteiger charge is -2.12. The first kappa shape index (κ1) is 15.3. The third kappa shape index (κ3) is 3.53. The molecule has 0 atom stereocenters. The molecule has 2 aromatic rings. The van der Waals surface area contributed by atoms with Crippen molar-refractivity contribution in [2.24, 2.45) is 0 Å². The molecule has 0 bridgehead atoms. The van der Waals surface area contributed by atoms with Crippen LogP contribution >= 0.6 is 15.9 Å². The van der Waals surface area contributed by atoms with Gasteiger partial charge >= 0.3 is 0 Å². The Labute approximate surface area is 131 Å². The zero-order valence-electron chi connectivity index (χ0n) is 11.4. The highest BCUT2D eigenvalue weighted by Gasteiger charge is 2.10. The second-order valence-electron chi connectivity index (χ2n) is 4.29. The van der Waals surface area contributed by atoms with Crippen LogP contribution in [0.5, 0.6) is 11.5 Å². The second kappa shape index (κ2) is 7.09. The van der Waals surface area contributed by atoms with Gasteiger partial charge in [0.1, 0.15) is 30.0 Å². The highest BCUT2D eigenvalue weighted by molar-refractivity contribution is 9.08. The van der Waals surface area contributed by atoms with Crippen LogP contribution in [0.4, 0.5) is 4.39 Å². The van der Waals surface area contributed by atoms with Crippen molar-refractivity contribution in [3.05, 3.63) is 58.9 Å². The molecule has 21 heavy (non-hydrogen) atoms. The van der Waals surface area contributed by atoms with Gasteiger partial charge in [0.25, 0.3) is 0 Å². The molecule has 0 aliphatic carbocycles. The largest absolute Gasteiger partial charge is 0.497 e. The van der Waals surface area contributed by atoms with Crippen molar-refractivity contribution >= 4 is 15.9 Å². The maximum absolute atomic E-state index is 13.9. The van der Waals surface area contributed by atoms with Gasteiger partial charge < -0.3 is 9.47 Å². The minimum atomic E-state index is -0.533. The van der Waals surface area contributed by atoms with E-state index < -0.39 is 5.82 Å². The smallest absolute Gasteiger partial charge is 0.147 e. The lowest BCUT2D eigenvalue weighted by Crippen LogP contribution is -2.02. The van der Waals surface area contributed by atoms with Gasteiger partial charge in [-0.15, -0.1) is 0 Å². The Hall–Kier alpha value is -2.06. The first-order valence-corrected chi connectivity index (χ1v) is 7.35. The molecule has 0 amide bonds. The van der Waals surface area contributed by atoms with E-state index in [0.717, 1.165) is 11.3 Å². The van der Waals surface area contributed by atoms with Crippen molar-refractivity contribution in [2.75, 3.05) is 7.11 Å². The van der Waals surface area contributed by atoms with E-state index in [9.17, 15) is 4.39 Å². The normalized spacial score (nSPS) is 10.0. The van der Waals surface area contributed by atoms with Gasteiger partial charge in [0.15, 0.2) is 0 Å². The number of methoxy groups -OCH3 is 1. The van der Waals surface area contributed by atoms with E-state index in [1.54, 1.807) is 31.4 Å². The molecule has 5 heteroatoms. The van der Waals surface area contributed by atoms with Crippen LogP contribution in [0.15, 0.2) is 36.4 Å². The maximum Gasteiger partial charge on any atom is 0.147 e. The molecule has 0 radical (unpaired) electrons. The van der Waals surface area contributed by atoms with E-state index >= 15 is 0 Å². The molecule has 0 aromatic heterocycles. The van der Waals surface area contributed by atoms with Crippen LogP contribution in [0.2, 0.25) is 0 Å². The molecular formula is C16H13BrFNO2. The number of nitrogens with zero attached hydrogens (tertiary/aromatic N) is 1. The Kier molecular flexibility index (Phi) is 5.18. The highest BCUT2D eigenvalue weighted by atomic mass is 79.9. The van der Waals surface area contributed by atoms with Crippen LogP contribution in [0.3, 0.4) is 0 Å². The van der Waals surface area contributed by atoms with Crippen molar-refractivity contribution < 1.29 is 13.9 Å². The molecule has 108 valence electrons. The fourth-order valence-electron chi connectivity index (χ4n) is 1.86. The first-order valence-electron chi connectivity index (χ1n) is 6.22. The molecule has 0 heterocycles. The molecule has 2 rings (SSSR count). The molecule has 0 spiro atoms. The number of nitriles is 1. The Morgan fingerprint density at radius 1 is 1.24 bits per heavy atom. The van der Waals surface area contributed by atoms with Crippen LogP contribution < -0.4 is 9.47 Å². The molecule has 0 saturated carbocycles. The number of alkyl halides is 1. The maximum atomic E-state index is 13.9. The number of rotatable bonds is 5. The van der Waals surface area contributed by atoms with Crippen LogP contribution in [-0.4, -0.2) is 7.11 Å². The number of ether oxygens (including phenoxy) is 2. The topological polar surface area (TPSA) is 42.2 Å². The monoisotopic (exact) mass is 349 g/mol. The molecular weight excluding hydrogens is 337 g/mol. The van der Waals surface area contributed by atoms with E-state index in [4.69, 9.17) is 14.7 Å². The Morgan fingerprint density at radius 3 is 2.71 bits per heavy atom. The van der Waals surface area contributed by atoms with Gasteiger partial charge in [-0.25, -0.2) is 4.39 Å². The minimum Gasteiger partial charge on any atom is -0.497 e. The quantitative estimate of drug-likeness (QED) is 0.760. The summed E-state index contributed by atoms with van der Waals surface area (Å²) in [6.45, 7) is 0.0632. The molecule has 0 aliphatic heterocycles. The van der Waals surface area contributed by atoms with Crippen molar-refractivity contribution in [1.82, 2.24) is 0 Å². The third-order valence-corrected chi connectivity index (χ3v) is 3.60. The molecule has 0 N–H and O–H groups in total. The lowest BCUT2D eigenvalue weighted by molar-refractivity contribution is 0.297. The SMILES string of the molecule is COc1ccc(OCc2cccc(C#N)c2F)c(CBr)c1. The highest BCUT2D eigenvalue weighted by Crippen LogP contribution is 2.27. The standard InChI is InChI=1S/C16H13BrFNO2/c1-20-14-5-6-15(13(7-14)8-17)21-10-12-4-2-3-11(9-19)16(12)18/h2-7H,8,10H2,1H3. The van der Waals surface area contributed by atoms with Crippen molar-refractivity contribution in [3.63, 3.8) is 0 Å². The van der Waals surface area contributed by atoms with E-state index in [0.29, 0.717) is 16.6 Å². The molecule has 0 saturated heterocycles. The van der Waals surface area contributed by atoms with Gasteiger partial charge in [-0.1, -0.05) is 28.1 Å². The fourth-order valence-corrected chi connectivity index (χ4v) is 2.30. The van der Waals surface area contributed by atoms with Gasteiger partial charge in [-0.3, -0.25) is 0 Å². The number of hydrogen-bond acceptors (Lipinski definition) is 3. The summed E-state index contributed by atoms with van der Waals surface area (Å²) in [6, 6.07) is 11.9. The zero-order valence-corrected chi connectivity index (χ0v) is 13.0. The van der Waals surface area contributed by atoms with Crippen LogP contribution in [0.1, 0.15) is 16.7 Å². The summed E-state index contributed by atoms with van der Waals surface area (Å²) in [5.41, 5.74) is 1.28. The Morgan fingerprint density at radius 2 is 2.05 bits per heavy atom. The summed E-state index contributed by atoms with van der Waals surface area (Å²) >= 11 is 3.38. The summed E-state index contributed by atoms with van der Waals surface area (Å²) in [5.74, 6) is 0.845. The van der Waals surface area contributed by atoms with E-state index in [1.165, 1.54) is 6.07 Å². The minimum absolute atomic E-state index is 0.0199. The van der Waals surface area contributed by atoms with Gasteiger partial charge in [-0.2, -0.15) is 5.26 Å². The summed E-state index contributed by atoms with van der Waals surface area (Å²) < 4.78 is 24.8. The predicted octanol–water partition coefficient (Wildman–Crippen LogP) is 4.18. The zero-order chi connectivity index (χ0) is 15.2. The van der Waals surface area contributed by atoms with E-state index in [2.05, 4.69) is 15.9 Å². The van der Waals surface area contributed by atoms with E-state index in [1.807, 2.05) is 12.1 Å². The molecule has 0 fully saturated rings. The summed E-state index contributed by atoms with van der Waals surface area (Å²) in [7, 11) is 1.59. The van der Waals surface area contributed by atoms with Crippen LogP contribution in [0.25, 0.3) is 0 Å². The van der Waals surface area contributed by atoms with Gasteiger partial charge in [0, 0.05) is 16.5 Å². The van der Waals surface area contributed by atoms with E-state index in [-0.39, 0.29) is 12.2 Å². The predicted molar refractivity (Wildman–Crippen MR) is 81.1 cm³/mol. The van der Waals surface area contributed by atoms with Crippen molar-refractivity contribution in [3.8, 4) is 17.6 Å². The average molecular weight is 350 g/mol. The fraction of sp³-hybridized carbons (Fsp3) is 0.188. The molecule has 0 unspecified atom stereocenters. The molecule has 2 aromatic carbocycles. The van der Waals surface area contributed by atoms with Gasteiger partial charge in [0.05, 0.1) is 12.7 Å². The molecule has 3 nitrogen and oxygen atoms in total. The number of benzene rings is 2. The van der Waals surface area contributed by atoms with Crippen LogP contribution in [-0.2, 0) is 11.9 Å². The summed E-state index contributed by atoms with van der Waals surface area (Å²) in [5, 5.41) is 9.41. The van der Waals surface area contributed by atoms with Gasteiger partial charge in [0.2, 0.25) is 0 Å². The number of hydrogen-bond donors (Lipinski definition) is 0. The Balaban J connectivity index is 2.19. The molecule has 0 aliphatic rings. The number of halogens is 2. The lowest BCUT2D eigenvalue weighted by atomic mass is 10.1. The van der Waals surface area contributed by atoms with Gasteiger partial charge in [-0.05, 0) is 24.3 Å². The summed E-state index contributed by atoms with van der Waals surface area (Å²) in [6.07, 6.45) is 0. The van der Waals surface area contributed by atoms with Crippen molar-refractivity contribution in [1.29, 1.82) is 5.26 Å². The van der Waals surface area contributed by atoms with Crippen LogP contribution in [0, 0.1) is 17.1 Å². The first-order chi connectivity index (χ1) is 10.2. The summed E-state index contributed by atoms with van der Waals surface area (Å²) in [4.78, 5) is 0. The second-order valence-corrected chi connectivity index (χ2v) is 4.85. The van der Waals surface area contributed by atoms with Crippen molar-refractivity contribution in [2.45, 2.75) is 11.9 Å². The Bertz CT molecular complexity index is 682. The average Bonchev–Trinajstić information content (AvgIpc) is 2.53.